The van der Waals surface area contributed by atoms with Crippen molar-refractivity contribution in [2.24, 2.45) is 0 Å². The molecule has 4 heteroatoms. The summed E-state index contributed by atoms with van der Waals surface area (Å²) in [5, 5.41) is 28.5. The Kier molecular flexibility index (Phi) is 6.23. The fourth-order valence-electron chi connectivity index (χ4n) is 7.63. The van der Waals surface area contributed by atoms with Gasteiger partial charge in [0.2, 0.25) is 0 Å². The molecule has 0 fully saturated rings. The minimum absolute atomic E-state index is 0.279. The fraction of sp³-hybridized carbons (Fsp3) is 0.0698. The molecule has 6 aromatic carbocycles. The Morgan fingerprint density at radius 1 is 0.468 bits per heavy atom. The first-order valence-electron chi connectivity index (χ1n) is 15.8. The number of hydrogen-bond acceptors (Lipinski definition) is 4. The summed E-state index contributed by atoms with van der Waals surface area (Å²) in [4.78, 5) is 0. The van der Waals surface area contributed by atoms with Crippen LogP contribution in [0.4, 0.5) is 0 Å². The number of benzene rings is 6. The van der Waals surface area contributed by atoms with Crippen molar-refractivity contribution in [1.29, 1.82) is 0 Å². The van der Waals surface area contributed by atoms with Gasteiger partial charge in [-0.3, -0.25) is 0 Å². The van der Waals surface area contributed by atoms with Crippen LogP contribution in [0.5, 0.6) is 11.5 Å². The number of aromatic hydroxyl groups is 2. The molecule has 8 aromatic rings. The Morgan fingerprint density at radius 2 is 0.915 bits per heavy atom. The van der Waals surface area contributed by atoms with Gasteiger partial charge in [-0.2, -0.15) is 0 Å². The van der Waals surface area contributed by atoms with Gasteiger partial charge in [-0.25, -0.2) is 0 Å². The molecule has 0 atom stereocenters. The van der Waals surface area contributed by atoms with Crippen LogP contribution in [-0.2, 0) is 5.41 Å². The van der Waals surface area contributed by atoms with Gasteiger partial charge in [-0.1, -0.05) is 84.9 Å². The van der Waals surface area contributed by atoms with Crippen molar-refractivity contribution in [3.05, 3.63) is 165 Å². The van der Waals surface area contributed by atoms with Crippen molar-refractivity contribution in [2.45, 2.75) is 19.3 Å². The summed E-state index contributed by atoms with van der Waals surface area (Å²) in [6.07, 6.45) is 0. The van der Waals surface area contributed by atoms with Gasteiger partial charge >= 0.3 is 0 Å². The summed E-state index contributed by atoms with van der Waals surface area (Å²) in [6.45, 7) is 3.93. The molecule has 0 amide bonds. The molecule has 1 aliphatic carbocycles. The maximum Gasteiger partial charge on any atom is 0.118 e. The molecule has 47 heavy (non-hydrogen) atoms. The highest BCUT2D eigenvalue weighted by Gasteiger charge is 2.47. The summed E-state index contributed by atoms with van der Waals surface area (Å²) in [7, 11) is 0. The van der Waals surface area contributed by atoms with E-state index in [-0.39, 0.29) is 11.5 Å². The maximum absolute atomic E-state index is 10.7. The highest BCUT2D eigenvalue weighted by Crippen LogP contribution is 2.58. The van der Waals surface area contributed by atoms with Crippen LogP contribution in [0.1, 0.15) is 33.4 Å². The van der Waals surface area contributed by atoms with Crippen LogP contribution < -0.4 is 0 Å². The van der Waals surface area contributed by atoms with Crippen molar-refractivity contribution in [3.8, 4) is 44.9 Å². The lowest BCUT2D eigenvalue weighted by atomic mass is 9.66. The molecule has 0 radical (unpaired) electrons. The minimum atomic E-state index is -0.703. The number of hydrogen-bond donors (Lipinski definition) is 2. The van der Waals surface area contributed by atoms with E-state index >= 15 is 0 Å². The van der Waals surface area contributed by atoms with E-state index < -0.39 is 5.41 Å². The second-order valence-corrected chi connectivity index (χ2v) is 14.4. The summed E-state index contributed by atoms with van der Waals surface area (Å²) in [6, 6.07) is 43.1. The van der Waals surface area contributed by atoms with Crippen LogP contribution in [0.2, 0.25) is 0 Å². The predicted octanol–water partition coefficient (Wildman–Crippen LogP) is 11.8. The molecule has 0 spiro atoms. The van der Waals surface area contributed by atoms with E-state index in [4.69, 9.17) is 0 Å². The van der Waals surface area contributed by atoms with Crippen molar-refractivity contribution >= 4 is 42.8 Å². The summed E-state index contributed by atoms with van der Waals surface area (Å²) in [5.41, 5.74) is 12.7. The zero-order valence-electron chi connectivity index (χ0n) is 25.9. The minimum Gasteiger partial charge on any atom is -0.508 e. The largest absolute Gasteiger partial charge is 0.508 e. The van der Waals surface area contributed by atoms with Crippen LogP contribution in [0.25, 0.3) is 53.6 Å². The van der Waals surface area contributed by atoms with Crippen molar-refractivity contribution in [3.63, 3.8) is 0 Å². The highest BCUT2D eigenvalue weighted by atomic mass is 32.1. The molecule has 2 N–H and O–H groups in total. The van der Waals surface area contributed by atoms with Crippen molar-refractivity contribution in [1.82, 2.24) is 0 Å². The van der Waals surface area contributed by atoms with Gasteiger partial charge in [0.25, 0.3) is 0 Å². The first-order chi connectivity index (χ1) is 22.9. The number of phenols is 2. The maximum atomic E-state index is 10.7. The number of fused-ring (bicyclic) bond motifs is 5. The van der Waals surface area contributed by atoms with Crippen LogP contribution >= 0.6 is 22.7 Å². The molecule has 0 aliphatic heterocycles. The van der Waals surface area contributed by atoms with Crippen molar-refractivity contribution in [2.75, 3.05) is 0 Å². The van der Waals surface area contributed by atoms with Gasteiger partial charge in [-0.15, -0.1) is 22.7 Å². The van der Waals surface area contributed by atoms with Crippen LogP contribution in [0.15, 0.2) is 132 Å². The average Bonchev–Trinajstić information content (AvgIpc) is 3.80. The number of phenolic OH excluding ortho intramolecular Hbond substituents is 2. The molecule has 0 unspecified atom stereocenters. The second kappa shape index (κ2) is 10.4. The van der Waals surface area contributed by atoms with E-state index in [0.29, 0.717) is 0 Å². The fourth-order valence-corrected chi connectivity index (χ4v) is 9.57. The van der Waals surface area contributed by atoms with Gasteiger partial charge in [-0.05, 0) is 117 Å². The standard InChI is InChI=1S/C43H30O2S2/c1-25-19-29(13-17-39(25)44)43(30-14-18-40(45)26(2)20-30)37-21-27(35-23-46-41-9-5-3-7-33(35)41)11-15-31(37)32-16-12-28(22-38(32)43)36-24-47-42-10-6-4-8-34(36)42/h3-24,44-45H,1-2H3. The lowest BCUT2D eigenvalue weighted by Crippen LogP contribution is -2.29. The molecule has 2 nitrogen and oxygen atoms in total. The van der Waals surface area contributed by atoms with Gasteiger partial charge in [0.1, 0.15) is 11.5 Å². The lowest BCUT2D eigenvalue weighted by molar-refractivity contribution is 0.470. The summed E-state index contributed by atoms with van der Waals surface area (Å²) in [5.74, 6) is 0.558. The molecule has 9 rings (SSSR count). The van der Waals surface area contributed by atoms with E-state index in [9.17, 15) is 10.2 Å². The Balaban J connectivity index is 1.40. The van der Waals surface area contributed by atoms with E-state index in [1.54, 1.807) is 22.7 Å². The second-order valence-electron chi connectivity index (χ2n) is 12.6. The zero-order valence-corrected chi connectivity index (χ0v) is 27.5. The Bertz CT molecular complexity index is 2360. The molecular formula is C43H30O2S2. The third-order valence-corrected chi connectivity index (χ3v) is 11.9. The normalized spacial score (nSPS) is 13.2. The molecule has 2 aromatic heterocycles. The molecular weight excluding hydrogens is 613 g/mol. The van der Waals surface area contributed by atoms with E-state index in [1.807, 2.05) is 26.0 Å². The van der Waals surface area contributed by atoms with E-state index in [2.05, 4.69) is 120 Å². The predicted molar refractivity (Wildman–Crippen MR) is 198 cm³/mol. The van der Waals surface area contributed by atoms with E-state index in [1.165, 1.54) is 64.7 Å². The lowest BCUT2D eigenvalue weighted by Gasteiger charge is -2.35. The van der Waals surface area contributed by atoms with Gasteiger partial charge in [0, 0.05) is 31.3 Å². The molecule has 0 saturated heterocycles. The Morgan fingerprint density at radius 3 is 1.36 bits per heavy atom. The number of aryl methyl sites for hydroxylation is 2. The number of rotatable bonds is 4. The monoisotopic (exact) mass is 642 g/mol. The van der Waals surface area contributed by atoms with Crippen LogP contribution in [0.3, 0.4) is 0 Å². The van der Waals surface area contributed by atoms with Gasteiger partial charge in [0.15, 0.2) is 0 Å². The average molecular weight is 643 g/mol. The van der Waals surface area contributed by atoms with Crippen molar-refractivity contribution < 1.29 is 10.2 Å². The third kappa shape index (κ3) is 4.08. The summed E-state index contributed by atoms with van der Waals surface area (Å²) < 4.78 is 2.54. The smallest absolute Gasteiger partial charge is 0.118 e. The molecule has 1 aliphatic rings. The molecule has 0 bridgehead atoms. The SMILES string of the molecule is Cc1cc(C2(c3ccc(O)c(C)c3)c3cc(-c4csc5ccccc45)ccc3-c3ccc(-c4csc5ccccc45)cc32)ccc1O. The highest BCUT2D eigenvalue weighted by molar-refractivity contribution is 7.18. The summed E-state index contributed by atoms with van der Waals surface area (Å²) >= 11 is 3.55. The first-order valence-corrected chi connectivity index (χ1v) is 17.5. The Labute approximate surface area is 281 Å². The number of thiophene rings is 2. The first kappa shape index (κ1) is 28.1. The molecule has 226 valence electrons. The van der Waals surface area contributed by atoms with Gasteiger partial charge in [0.05, 0.1) is 5.41 Å². The topological polar surface area (TPSA) is 40.5 Å². The third-order valence-electron chi connectivity index (χ3n) is 9.98. The molecule has 0 saturated carbocycles. The zero-order chi connectivity index (χ0) is 31.9. The molecule has 2 heterocycles. The quantitative estimate of drug-likeness (QED) is 0.201. The van der Waals surface area contributed by atoms with Crippen LogP contribution in [-0.4, -0.2) is 10.2 Å². The Hall–Kier alpha value is -5.16. The van der Waals surface area contributed by atoms with Crippen LogP contribution in [0, 0.1) is 13.8 Å². The van der Waals surface area contributed by atoms with Gasteiger partial charge < -0.3 is 10.2 Å². The van der Waals surface area contributed by atoms with E-state index in [0.717, 1.165) is 22.3 Å².